The summed E-state index contributed by atoms with van der Waals surface area (Å²) in [5.74, 6) is 0.844. The van der Waals surface area contributed by atoms with Gasteiger partial charge >= 0.3 is 0 Å². The summed E-state index contributed by atoms with van der Waals surface area (Å²) in [7, 11) is 0. The number of hydrogen-bond donors (Lipinski definition) is 2. The Labute approximate surface area is 137 Å². The van der Waals surface area contributed by atoms with Crippen LogP contribution in [0.25, 0.3) is 0 Å². The molecule has 2 N–H and O–H groups in total. The van der Waals surface area contributed by atoms with Crippen LogP contribution in [0.1, 0.15) is 28.9 Å². The number of aliphatic hydroxyl groups excluding tert-OH is 1. The highest BCUT2D eigenvalue weighted by atomic mass is 16.3. The summed E-state index contributed by atoms with van der Waals surface area (Å²) in [6.45, 7) is 7.26. The largest absolute Gasteiger partial charge is 0.392 e. The molecular weight excluding hydrogens is 288 g/mol. The highest BCUT2D eigenvalue weighted by Gasteiger charge is 2.20. The van der Waals surface area contributed by atoms with Crippen LogP contribution in [0.15, 0.2) is 30.5 Å². The van der Waals surface area contributed by atoms with Crippen molar-refractivity contribution in [2.45, 2.75) is 39.5 Å². The Hall–Kier alpha value is -1.98. The molecule has 2 aromatic rings. The number of rotatable bonds is 5. The molecule has 5 heteroatoms. The Morgan fingerprint density at radius 3 is 2.78 bits per heavy atom. The molecule has 3 rings (SSSR count). The van der Waals surface area contributed by atoms with Crippen molar-refractivity contribution in [1.29, 1.82) is 0 Å². The molecule has 1 aliphatic heterocycles. The van der Waals surface area contributed by atoms with Crippen LogP contribution in [0.3, 0.4) is 0 Å². The molecule has 23 heavy (non-hydrogen) atoms. The lowest BCUT2D eigenvalue weighted by Crippen LogP contribution is -2.22. The maximum Gasteiger partial charge on any atom is 0.148 e. The van der Waals surface area contributed by atoms with Crippen LogP contribution in [-0.4, -0.2) is 39.2 Å². The first-order chi connectivity index (χ1) is 11.1. The Morgan fingerprint density at radius 1 is 1.26 bits per heavy atom. The molecule has 0 amide bonds. The third-order valence-corrected chi connectivity index (χ3v) is 4.28. The van der Waals surface area contributed by atoms with E-state index in [4.69, 9.17) is 0 Å². The summed E-state index contributed by atoms with van der Waals surface area (Å²) in [6, 6.07) is 8.45. The molecule has 5 nitrogen and oxygen atoms in total. The first-order valence-electron chi connectivity index (χ1n) is 8.13. The normalized spacial score (nSPS) is 18.3. The van der Waals surface area contributed by atoms with Crippen LogP contribution in [0.2, 0.25) is 0 Å². The van der Waals surface area contributed by atoms with Gasteiger partial charge in [0.2, 0.25) is 0 Å². The van der Waals surface area contributed by atoms with E-state index < -0.39 is 0 Å². The maximum atomic E-state index is 9.69. The van der Waals surface area contributed by atoms with Crippen LogP contribution in [0.5, 0.6) is 0 Å². The molecular formula is C18H24N4O. The van der Waals surface area contributed by atoms with Crippen LogP contribution < -0.4 is 5.32 Å². The topological polar surface area (TPSA) is 61.3 Å². The molecule has 1 saturated heterocycles. The molecule has 0 aliphatic carbocycles. The second-order valence-corrected chi connectivity index (χ2v) is 6.25. The van der Waals surface area contributed by atoms with Gasteiger partial charge in [-0.15, -0.1) is 0 Å². The Balaban J connectivity index is 1.69. The second kappa shape index (κ2) is 7.06. The molecule has 2 heterocycles. The van der Waals surface area contributed by atoms with E-state index in [1.807, 2.05) is 13.8 Å². The minimum absolute atomic E-state index is 0.175. The van der Waals surface area contributed by atoms with Crippen LogP contribution >= 0.6 is 0 Å². The van der Waals surface area contributed by atoms with E-state index >= 15 is 0 Å². The van der Waals surface area contributed by atoms with E-state index in [2.05, 4.69) is 44.5 Å². The number of benzene rings is 1. The number of likely N-dealkylation sites (tertiary alicyclic amines) is 1. The van der Waals surface area contributed by atoms with E-state index in [-0.39, 0.29) is 6.10 Å². The Bertz CT molecular complexity index is 674. The molecule has 0 radical (unpaired) electrons. The molecule has 1 fully saturated rings. The number of nitrogens with one attached hydrogen (secondary N) is 1. The zero-order valence-corrected chi connectivity index (χ0v) is 13.8. The molecule has 1 aromatic heterocycles. The van der Waals surface area contributed by atoms with Gasteiger partial charge in [-0.05, 0) is 31.4 Å². The van der Waals surface area contributed by atoms with Crippen molar-refractivity contribution >= 4 is 5.82 Å². The van der Waals surface area contributed by atoms with Crippen molar-refractivity contribution in [1.82, 2.24) is 14.9 Å². The fourth-order valence-electron chi connectivity index (χ4n) is 2.96. The predicted molar refractivity (Wildman–Crippen MR) is 91.2 cm³/mol. The zero-order chi connectivity index (χ0) is 16.2. The number of β-amino-alcohol motifs (C(OH)–C–C–N with tert-alkyl or cyclic N) is 1. The average Bonchev–Trinajstić information content (AvgIpc) is 2.94. The third kappa shape index (κ3) is 4.06. The van der Waals surface area contributed by atoms with Crippen molar-refractivity contribution in [2.75, 3.05) is 18.4 Å². The van der Waals surface area contributed by atoms with Crippen LogP contribution in [0.4, 0.5) is 5.82 Å². The lowest BCUT2D eigenvalue weighted by Gasteiger charge is -2.18. The van der Waals surface area contributed by atoms with Gasteiger partial charge in [0, 0.05) is 32.4 Å². The number of hydrogen-bond acceptors (Lipinski definition) is 5. The van der Waals surface area contributed by atoms with E-state index in [9.17, 15) is 5.11 Å². The molecule has 0 saturated carbocycles. The van der Waals surface area contributed by atoms with Gasteiger partial charge in [-0.1, -0.05) is 24.3 Å². The van der Waals surface area contributed by atoms with E-state index in [0.717, 1.165) is 49.8 Å². The highest BCUT2D eigenvalue weighted by Crippen LogP contribution is 2.18. The van der Waals surface area contributed by atoms with Gasteiger partial charge in [-0.25, -0.2) is 4.98 Å². The van der Waals surface area contributed by atoms with Gasteiger partial charge in [0.25, 0.3) is 0 Å². The Kier molecular flexibility index (Phi) is 4.88. The van der Waals surface area contributed by atoms with Gasteiger partial charge in [-0.2, -0.15) is 0 Å². The standard InChI is InChI=1S/C18H24N4O/c1-13-9-19-14(2)18(21-13)20-10-15-5-3-4-6-16(15)11-22-8-7-17(23)12-22/h3-6,9,17,23H,7-8,10-12H2,1-2H3,(H,20,21). The minimum Gasteiger partial charge on any atom is -0.392 e. The average molecular weight is 312 g/mol. The summed E-state index contributed by atoms with van der Waals surface area (Å²) in [5, 5.41) is 13.1. The zero-order valence-electron chi connectivity index (χ0n) is 13.8. The first-order valence-corrected chi connectivity index (χ1v) is 8.13. The SMILES string of the molecule is Cc1cnc(C)c(NCc2ccccc2CN2CCC(O)C2)n1. The van der Waals surface area contributed by atoms with Crippen LogP contribution in [0, 0.1) is 13.8 Å². The number of aliphatic hydroxyl groups is 1. The maximum absolute atomic E-state index is 9.69. The summed E-state index contributed by atoms with van der Waals surface area (Å²) in [5.41, 5.74) is 4.39. The van der Waals surface area contributed by atoms with Gasteiger partial charge in [0.05, 0.1) is 17.5 Å². The van der Waals surface area contributed by atoms with Crippen molar-refractivity contribution in [3.8, 4) is 0 Å². The molecule has 0 bridgehead atoms. The third-order valence-electron chi connectivity index (χ3n) is 4.28. The lowest BCUT2D eigenvalue weighted by atomic mass is 10.1. The smallest absolute Gasteiger partial charge is 0.148 e. The van der Waals surface area contributed by atoms with Crippen molar-refractivity contribution in [2.24, 2.45) is 0 Å². The van der Waals surface area contributed by atoms with Crippen molar-refractivity contribution in [3.63, 3.8) is 0 Å². The summed E-state index contributed by atoms with van der Waals surface area (Å²) in [4.78, 5) is 11.2. The Morgan fingerprint density at radius 2 is 2.04 bits per heavy atom. The minimum atomic E-state index is -0.175. The molecule has 0 spiro atoms. The number of nitrogens with zero attached hydrogens (tertiary/aromatic N) is 3. The molecule has 1 aromatic carbocycles. The highest BCUT2D eigenvalue weighted by molar-refractivity contribution is 5.41. The summed E-state index contributed by atoms with van der Waals surface area (Å²) >= 11 is 0. The summed E-state index contributed by atoms with van der Waals surface area (Å²) < 4.78 is 0. The first kappa shape index (κ1) is 15.9. The fourth-order valence-corrected chi connectivity index (χ4v) is 2.96. The molecule has 122 valence electrons. The quantitative estimate of drug-likeness (QED) is 0.887. The number of anilines is 1. The summed E-state index contributed by atoms with van der Waals surface area (Å²) in [6.07, 6.45) is 2.48. The van der Waals surface area contributed by atoms with E-state index in [0.29, 0.717) is 0 Å². The number of aryl methyl sites for hydroxylation is 2. The van der Waals surface area contributed by atoms with E-state index in [1.165, 1.54) is 11.1 Å². The van der Waals surface area contributed by atoms with Gasteiger partial charge in [-0.3, -0.25) is 9.88 Å². The van der Waals surface area contributed by atoms with Gasteiger partial charge in [0.15, 0.2) is 0 Å². The monoisotopic (exact) mass is 312 g/mol. The van der Waals surface area contributed by atoms with Gasteiger partial charge in [0.1, 0.15) is 5.82 Å². The lowest BCUT2D eigenvalue weighted by molar-refractivity contribution is 0.174. The molecule has 1 unspecified atom stereocenters. The van der Waals surface area contributed by atoms with Crippen molar-refractivity contribution in [3.05, 3.63) is 53.0 Å². The predicted octanol–water partition coefficient (Wildman–Crippen LogP) is 2.27. The molecule has 1 aliphatic rings. The van der Waals surface area contributed by atoms with Gasteiger partial charge < -0.3 is 10.4 Å². The fraction of sp³-hybridized carbons (Fsp3) is 0.444. The second-order valence-electron chi connectivity index (χ2n) is 6.25. The van der Waals surface area contributed by atoms with E-state index in [1.54, 1.807) is 6.20 Å². The number of aromatic nitrogens is 2. The van der Waals surface area contributed by atoms with Crippen LogP contribution in [-0.2, 0) is 13.1 Å². The molecule has 1 atom stereocenters. The van der Waals surface area contributed by atoms with Crippen molar-refractivity contribution < 1.29 is 5.11 Å².